The number of amides is 1. The smallest absolute Gasteiger partial charge is 0.349 e. The summed E-state index contributed by atoms with van der Waals surface area (Å²) in [6, 6.07) is 14.2. The van der Waals surface area contributed by atoms with Gasteiger partial charge in [-0.15, -0.1) is 5.10 Å². The molecule has 2 aromatic carbocycles. The molecule has 0 aliphatic carbocycles. The van der Waals surface area contributed by atoms with Gasteiger partial charge in [-0.2, -0.15) is 0 Å². The summed E-state index contributed by atoms with van der Waals surface area (Å²) >= 11 is 0. The highest BCUT2D eigenvalue weighted by molar-refractivity contribution is 6.04. The van der Waals surface area contributed by atoms with Gasteiger partial charge >= 0.3 is 11.6 Å². The molecule has 1 amide bonds. The minimum atomic E-state index is -0.736. The van der Waals surface area contributed by atoms with Crippen LogP contribution < -0.4 is 10.9 Å². The first-order valence-corrected chi connectivity index (χ1v) is 8.26. The van der Waals surface area contributed by atoms with Crippen molar-refractivity contribution < 1.29 is 13.6 Å². The normalized spacial score (nSPS) is 10.9. The average molecular weight is 361 g/mol. The predicted octanol–water partition coefficient (Wildman–Crippen LogP) is 3.71. The van der Waals surface area contributed by atoms with Gasteiger partial charge in [-0.3, -0.25) is 10.1 Å². The maximum Gasteiger partial charge on any atom is 0.349 e. The molecular formula is C20H15N3O4. The lowest BCUT2D eigenvalue weighted by molar-refractivity contribution is 0.102. The molecule has 1 N–H and O–H groups in total. The van der Waals surface area contributed by atoms with Gasteiger partial charge < -0.3 is 8.83 Å². The Morgan fingerprint density at radius 1 is 1.00 bits per heavy atom. The number of hydrogen-bond donors (Lipinski definition) is 1. The maximum absolute atomic E-state index is 12.4. The highest BCUT2D eigenvalue weighted by Gasteiger charge is 2.18. The topological polar surface area (TPSA) is 98.2 Å². The van der Waals surface area contributed by atoms with Crippen molar-refractivity contribution in [2.45, 2.75) is 13.8 Å². The number of hydrogen-bond acceptors (Lipinski definition) is 6. The average Bonchev–Trinajstić information content (AvgIpc) is 3.11. The van der Waals surface area contributed by atoms with Crippen molar-refractivity contribution in [2.75, 3.05) is 5.32 Å². The molecule has 7 heteroatoms. The molecule has 2 aromatic heterocycles. The zero-order chi connectivity index (χ0) is 19.0. The van der Waals surface area contributed by atoms with Crippen LogP contribution in [0, 0.1) is 13.8 Å². The van der Waals surface area contributed by atoms with Crippen molar-refractivity contribution in [3.05, 3.63) is 75.6 Å². The lowest BCUT2D eigenvalue weighted by Gasteiger charge is -2.02. The van der Waals surface area contributed by atoms with E-state index in [1.54, 1.807) is 24.3 Å². The first-order valence-electron chi connectivity index (χ1n) is 8.26. The van der Waals surface area contributed by atoms with Gasteiger partial charge in [-0.05, 0) is 37.6 Å². The monoisotopic (exact) mass is 361 g/mol. The van der Waals surface area contributed by atoms with Crippen molar-refractivity contribution in [3.8, 4) is 11.5 Å². The van der Waals surface area contributed by atoms with Gasteiger partial charge in [0.2, 0.25) is 5.89 Å². The zero-order valence-electron chi connectivity index (χ0n) is 14.6. The fourth-order valence-electron chi connectivity index (χ4n) is 2.73. The molecule has 0 radical (unpaired) electrons. The molecule has 0 saturated heterocycles. The van der Waals surface area contributed by atoms with Crippen molar-refractivity contribution in [1.29, 1.82) is 0 Å². The van der Waals surface area contributed by atoms with Crippen LogP contribution in [0.1, 0.15) is 21.5 Å². The summed E-state index contributed by atoms with van der Waals surface area (Å²) in [6.45, 7) is 3.89. The summed E-state index contributed by atoms with van der Waals surface area (Å²) in [4.78, 5) is 24.5. The van der Waals surface area contributed by atoms with Crippen LogP contribution in [0.5, 0.6) is 0 Å². The molecule has 0 aliphatic rings. The van der Waals surface area contributed by atoms with Crippen LogP contribution >= 0.6 is 0 Å². The molecule has 0 atom stereocenters. The number of rotatable bonds is 3. The number of carbonyl (C=O) groups excluding carboxylic acids is 1. The highest BCUT2D eigenvalue weighted by Crippen LogP contribution is 2.24. The number of fused-ring (bicyclic) bond motifs is 1. The van der Waals surface area contributed by atoms with E-state index in [-0.39, 0.29) is 17.5 Å². The third-order valence-electron chi connectivity index (χ3n) is 4.15. The van der Waals surface area contributed by atoms with E-state index in [4.69, 9.17) is 8.83 Å². The molecule has 7 nitrogen and oxygen atoms in total. The minimum Gasteiger partial charge on any atom is -0.422 e. The third kappa shape index (κ3) is 3.22. The molecule has 0 saturated carbocycles. The third-order valence-corrected chi connectivity index (χ3v) is 4.15. The Morgan fingerprint density at radius 2 is 1.81 bits per heavy atom. The van der Waals surface area contributed by atoms with Crippen molar-refractivity contribution >= 4 is 22.9 Å². The van der Waals surface area contributed by atoms with Crippen LogP contribution in [0.15, 0.2) is 62.2 Å². The van der Waals surface area contributed by atoms with Crippen LogP contribution in [0.25, 0.3) is 22.4 Å². The molecule has 0 aliphatic heterocycles. The molecule has 0 bridgehead atoms. The van der Waals surface area contributed by atoms with Crippen molar-refractivity contribution in [1.82, 2.24) is 10.2 Å². The van der Waals surface area contributed by atoms with Crippen LogP contribution in [0.4, 0.5) is 6.01 Å². The number of para-hydroxylation sites is 1. The van der Waals surface area contributed by atoms with Crippen molar-refractivity contribution in [2.24, 2.45) is 0 Å². The Hall–Kier alpha value is -3.74. The highest BCUT2D eigenvalue weighted by atomic mass is 16.4. The molecule has 4 rings (SSSR count). The number of aryl methyl sites for hydroxylation is 2. The number of aromatic nitrogens is 2. The Labute approximate surface area is 153 Å². The first kappa shape index (κ1) is 16.7. The zero-order valence-corrected chi connectivity index (χ0v) is 14.6. The number of carbonyl (C=O) groups is 1. The Morgan fingerprint density at radius 3 is 2.67 bits per heavy atom. The van der Waals surface area contributed by atoms with E-state index in [1.165, 1.54) is 6.07 Å². The molecule has 27 heavy (non-hydrogen) atoms. The van der Waals surface area contributed by atoms with Crippen LogP contribution in [0.3, 0.4) is 0 Å². The number of benzene rings is 2. The van der Waals surface area contributed by atoms with Gasteiger partial charge in [0.1, 0.15) is 11.1 Å². The minimum absolute atomic E-state index is 0.0940. The Bertz CT molecular complexity index is 1220. The summed E-state index contributed by atoms with van der Waals surface area (Å²) < 4.78 is 10.7. The molecule has 4 aromatic rings. The number of nitrogens with one attached hydrogen (secondary N) is 1. The first-order chi connectivity index (χ1) is 13.0. The van der Waals surface area contributed by atoms with Gasteiger partial charge in [-0.1, -0.05) is 41.0 Å². The molecule has 2 heterocycles. The summed E-state index contributed by atoms with van der Waals surface area (Å²) in [5.74, 6) is -0.386. The quantitative estimate of drug-likeness (QED) is 0.559. The SMILES string of the molecule is Cc1ccc(C)c(-c2nnc(NC(=O)c3cc4ccccc4oc3=O)o2)c1. The second-order valence-electron chi connectivity index (χ2n) is 6.17. The molecule has 0 fully saturated rings. The second kappa shape index (κ2) is 6.53. The summed E-state index contributed by atoms with van der Waals surface area (Å²) in [5, 5.41) is 10.9. The molecule has 0 unspecified atom stereocenters. The van der Waals surface area contributed by atoms with Gasteiger partial charge in [0, 0.05) is 10.9 Å². The fourth-order valence-corrected chi connectivity index (χ4v) is 2.73. The fraction of sp³-hybridized carbons (Fsp3) is 0.100. The lowest BCUT2D eigenvalue weighted by Crippen LogP contribution is -2.20. The molecule has 134 valence electrons. The predicted molar refractivity (Wildman–Crippen MR) is 99.6 cm³/mol. The van der Waals surface area contributed by atoms with Crippen LogP contribution in [0.2, 0.25) is 0 Å². The van der Waals surface area contributed by atoms with E-state index in [2.05, 4.69) is 15.5 Å². The lowest BCUT2D eigenvalue weighted by atomic mass is 10.1. The van der Waals surface area contributed by atoms with Crippen molar-refractivity contribution in [3.63, 3.8) is 0 Å². The van der Waals surface area contributed by atoms with E-state index in [9.17, 15) is 9.59 Å². The molecular weight excluding hydrogens is 346 g/mol. The summed E-state index contributed by atoms with van der Waals surface area (Å²) in [5.41, 5.74) is 2.34. The summed E-state index contributed by atoms with van der Waals surface area (Å²) in [6.07, 6.45) is 0. The van der Waals surface area contributed by atoms with E-state index in [0.29, 0.717) is 11.0 Å². The Balaban J connectivity index is 1.63. The molecule has 0 spiro atoms. The van der Waals surface area contributed by atoms with E-state index >= 15 is 0 Å². The van der Waals surface area contributed by atoms with Gasteiger partial charge in [0.05, 0.1) is 0 Å². The largest absolute Gasteiger partial charge is 0.422 e. The maximum atomic E-state index is 12.4. The number of anilines is 1. The Kier molecular flexibility index (Phi) is 4.04. The van der Waals surface area contributed by atoms with E-state index in [0.717, 1.165) is 16.7 Å². The van der Waals surface area contributed by atoms with E-state index < -0.39 is 11.5 Å². The van der Waals surface area contributed by atoms with Gasteiger partial charge in [0.25, 0.3) is 5.91 Å². The van der Waals surface area contributed by atoms with Crippen LogP contribution in [-0.4, -0.2) is 16.1 Å². The van der Waals surface area contributed by atoms with E-state index in [1.807, 2.05) is 32.0 Å². The second-order valence-corrected chi connectivity index (χ2v) is 6.17. The summed E-state index contributed by atoms with van der Waals surface area (Å²) in [7, 11) is 0. The van der Waals surface area contributed by atoms with Gasteiger partial charge in [-0.25, -0.2) is 4.79 Å². The number of nitrogens with zero attached hydrogens (tertiary/aromatic N) is 2. The standard InChI is InChI=1S/C20H15N3O4/c1-11-7-8-12(2)14(9-11)18-22-23-20(27-18)21-17(24)15-10-13-5-3-4-6-16(13)26-19(15)25/h3-10H,1-2H3,(H,21,23,24). The van der Waals surface area contributed by atoms with Gasteiger partial charge in [0.15, 0.2) is 0 Å². The van der Waals surface area contributed by atoms with Crippen LogP contribution in [-0.2, 0) is 0 Å².